The minimum Gasteiger partial charge on any atom is -0.493 e. The molecule has 0 bridgehead atoms. The molecule has 2 heterocycles. The summed E-state index contributed by atoms with van der Waals surface area (Å²) in [5.74, 6) is -5.38. The molecule has 0 aromatic heterocycles. The number of rotatable bonds is 17. The van der Waals surface area contributed by atoms with Crippen LogP contribution in [-0.4, -0.2) is 144 Å². The maximum atomic E-state index is 14.6. The van der Waals surface area contributed by atoms with E-state index in [1.165, 1.54) is 12.1 Å². The highest BCUT2D eigenvalue weighted by molar-refractivity contribution is 7.46. The topological polar surface area (TPSA) is 307 Å². The molecule has 0 unspecified atom stereocenters. The third-order valence-corrected chi connectivity index (χ3v) is 10.5. The fraction of sp³-hybridized carbons (Fsp3) is 0.683. The van der Waals surface area contributed by atoms with Crippen molar-refractivity contribution in [2.45, 2.75) is 123 Å². The molecule has 0 saturated carbocycles. The number of hydrogen-bond acceptors (Lipinski definition) is 14. The van der Waals surface area contributed by atoms with Crippen molar-refractivity contribution in [1.82, 2.24) is 31.5 Å². The number of amides is 6. The molecule has 1 aromatic rings. The maximum absolute atomic E-state index is 14.6. The molecule has 23 heteroatoms. The average Bonchev–Trinajstić information content (AvgIpc) is 3.65. The predicted octanol–water partition coefficient (Wildman–Crippen LogP) is 0.262. The Labute approximate surface area is 372 Å². The second-order valence-corrected chi connectivity index (χ2v) is 18.1. The Hall–Kier alpha value is -4.86. The SMILES string of the molecule is COC(=O)[C@H](CC(C)C)NC(=O)[C@@H]1CC[C@H]2OCCNC(=O)CC[C@H](NC(=O)c3cc(OCC(C)C)cc(OCC(C)C)c3)C(=O)N[C@@H](CO)C(=O)N[C@@H]([C@@H](C)OP(=O)(O)O)C(=O)N21. The summed E-state index contributed by atoms with van der Waals surface area (Å²) in [6.45, 7) is 11.7. The van der Waals surface area contributed by atoms with Gasteiger partial charge in [-0.05, 0) is 62.5 Å². The molecule has 0 aliphatic carbocycles. The van der Waals surface area contributed by atoms with Gasteiger partial charge in [-0.1, -0.05) is 41.5 Å². The van der Waals surface area contributed by atoms with Crippen LogP contribution in [0.25, 0.3) is 0 Å². The first-order valence-electron chi connectivity index (χ1n) is 21.3. The number of carbonyl (C=O) groups is 7. The number of esters is 1. The first-order chi connectivity index (χ1) is 30.0. The van der Waals surface area contributed by atoms with Crippen LogP contribution in [0.15, 0.2) is 18.2 Å². The van der Waals surface area contributed by atoms with Crippen molar-refractivity contribution in [3.05, 3.63) is 23.8 Å². The number of phosphoric acid groups is 1. The van der Waals surface area contributed by atoms with E-state index in [9.17, 15) is 53.0 Å². The minimum atomic E-state index is -5.34. The highest BCUT2D eigenvalue weighted by atomic mass is 31.2. The van der Waals surface area contributed by atoms with Crippen molar-refractivity contribution >= 4 is 49.2 Å². The van der Waals surface area contributed by atoms with Gasteiger partial charge in [0.2, 0.25) is 23.6 Å². The molecule has 6 amide bonds. The molecular formula is C41H65N6O16P. The van der Waals surface area contributed by atoms with Gasteiger partial charge in [0.05, 0.1) is 39.6 Å². The summed E-state index contributed by atoms with van der Waals surface area (Å²) in [6, 6.07) is -3.26. The Morgan fingerprint density at radius 2 is 1.52 bits per heavy atom. The van der Waals surface area contributed by atoms with Crippen LogP contribution < -0.4 is 36.1 Å². The summed E-state index contributed by atoms with van der Waals surface area (Å²) < 4.78 is 39.4. The Morgan fingerprint density at radius 1 is 0.891 bits per heavy atom. The van der Waals surface area contributed by atoms with Crippen molar-refractivity contribution in [1.29, 1.82) is 0 Å². The van der Waals surface area contributed by atoms with Crippen molar-refractivity contribution in [3.8, 4) is 11.5 Å². The number of hydrogen-bond donors (Lipinski definition) is 8. The third-order valence-electron chi connectivity index (χ3n) is 9.88. The van der Waals surface area contributed by atoms with Gasteiger partial charge in [-0.3, -0.25) is 33.3 Å². The predicted molar refractivity (Wildman–Crippen MR) is 227 cm³/mol. The quantitative estimate of drug-likeness (QED) is 0.0768. The number of ether oxygens (including phenoxy) is 4. The Bertz CT molecular complexity index is 1810. The molecule has 8 N–H and O–H groups in total. The molecule has 2 fully saturated rings. The number of benzene rings is 1. The number of fused-ring (bicyclic) bond motifs is 1. The Morgan fingerprint density at radius 3 is 2.06 bits per heavy atom. The zero-order chi connectivity index (χ0) is 47.9. The lowest BCUT2D eigenvalue weighted by atomic mass is 10.0. The summed E-state index contributed by atoms with van der Waals surface area (Å²) in [4.78, 5) is 116. The highest BCUT2D eigenvalue weighted by Gasteiger charge is 2.47. The molecule has 2 saturated heterocycles. The molecule has 1 aromatic carbocycles. The van der Waals surface area contributed by atoms with E-state index in [-0.39, 0.29) is 68.6 Å². The molecule has 2 aliphatic rings. The van der Waals surface area contributed by atoms with Crippen molar-refractivity contribution < 1.29 is 76.5 Å². The van der Waals surface area contributed by atoms with Gasteiger partial charge in [0, 0.05) is 24.6 Å². The van der Waals surface area contributed by atoms with Gasteiger partial charge in [-0.25, -0.2) is 9.36 Å². The van der Waals surface area contributed by atoms with Crippen LogP contribution in [0, 0.1) is 17.8 Å². The lowest BCUT2D eigenvalue weighted by molar-refractivity contribution is -0.156. The minimum absolute atomic E-state index is 0.0253. The zero-order valence-electron chi connectivity index (χ0n) is 37.6. The second-order valence-electron chi connectivity index (χ2n) is 16.9. The van der Waals surface area contributed by atoms with E-state index in [0.29, 0.717) is 24.7 Å². The van der Waals surface area contributed by atoms with Gasteiger partial charge in [0.1, 0.15) is 47.9 Å². The molecular weight excluding hydrogens is 863 g/mol. The fourth-order valence-corrected chi connectivity index (χ4v) is 7.34. The summed E-state index contributed by atoms with van der Waals surface area (Å²) in [5, 5.41) is 22.8. The summed E-state index contributed by atoms with van der Waals surface area (Å²) in [5.41, 5.74) is 0.0444. The van der Waals surface area contributed by atoms with Crippen LogP contribution in [0.5, 0.6) is 11.5 Å². The molecule has 360 valence electrons. The summed E-state index contributed by atoms with van der Waals surface area (Å²) in [6.07, 6.45) is -3.42. The summed E-state index contributed by atoms with van der Waals surface area (Å²) >= 11 is 0. The van der Waals surface area contributed by atoms with Crippen LogP contribution >= 0.6 is 7.82 Å². The first kappa shape index (κ1) is 53.5. The highest BCUT2D eigenvalue weighted by Crippen LogP contribution is 2.39. The van der Waals surface area contributed by atoms with E-state index in [0.717, 1.165) is 18.9 Å². The van der Waals surface area contributed by atoms with E-state index in [2.05, 4.69) is 26.6 Å². The van der Waals surface area contributed by atoms with Crippen molar-refractivity contribution in [2.75, 3.05) is 40.1 Å². The monoisotopic (exact) mass is 928 g/mol. The van der Waals surface area contributed by atoms with Crippen LogP contribution in [0.2, 0.25) is 0 Å². The fourth-order valence-electron chi connectivity index (χ4n) is 6.78. The van der Waals surface area contributed by atoms with E-state index < -0.39 is 98.4 Å². The Kier molecular flexibility index (Phi) is 20.9. The molecule has 64 heavy (non-hydrogen) atoms. The second kappa shape index (κ2) is 25.0. The van der Waals surface area contributed by atoms with E-state index in [1.807, 2.05) is 41.5 Å². The van der Waals surface area contributed by atoms with Gasteiger partial charge < -0.3 is 65.3 Å². The largest absolute Gasteiger partial charge is 0.493 e. The molecule has 3 rings (SSSR count). The van der Waals surface area contributed by atoms with E-state index >= 15 is 0 Å². The number of phosphoric ester groups is 1. The van der Waals surface area contributed by atoms with Gasteiger partial charge in [0.15, 0.2) is 0 Å². The smallest absolute Gasteiger partial charge is 0.469 e. The molecule has 0 spiro atoms. The number of carbonyl (C=O) groups excluding carboxylic acids is 7. The van der Waals surface area contributed by atoms with E-state index in [1.54, 1.807) is 6.07 Å². The lowest BCUT2D eigenvalue weighted by Crippen LogP contribution is -2.63. The number of methoxy groups -OCH3 is 1. The van der Waals surface area contributed by atoms with Crippen LogP contribution in [0.1, 0.15) is 90.9 Å². The van der Waals surface area contributed by atoms with Crippen LogP contribution in [0.3, 0.4) is 0 Å². The number of aliphatic hydroxyl groups is 1. The first-order valence-corrected chi connectivity index (χ1v) is 22.8. The standard InChI is InChI=1S/C41H65N6O16P/c1-22(2)15-30(41(55)59-8)44-39(53)32-10-12-34-47(32)40(54)35(25(7)63-64(56,57)58)46-38(52)31(19-48)45-37(51)29(9-11-33(49)42-13-14-60-34)43-36(50)26-16-27(61-20-23(3)4)18-28(17-26)62-21-24(5)6/h16-18,22-25,29-32,34-35,48H,9-15,19-21H2,1-8H3,(H,42,49)(H,43,50)(H,44,53)(H,45,51)(H,46,52)(H2,56,57,58)/t25-,29+,30+,31+,32+,34-,35+/m1/s1. The van der Waals surface area contributed by atoms with Crippen molar-refractivity contribution in [2.24, 2.45) is 17.8 Å². The van der Waals surface area contributed by atoms with Gasteiger partial charge in [0.25, 0.3) is 11.8 Å². The van der Waals surface area contributed by atoms with E-state index in [4.69, 9.17) is 23.5 Å². The van der Waals surface area contributed by atoms with Crippen LogP contribution in [-0.2, 0) is 47.3 Å². The molecule has 7 atom stereocenters. The molecule has 2 aliphatic heterocycles. The third kappa shape index (κ3) is 16.9. The number of nitrogens with zero attached hydrogens (tertiary/aromatic N) is 1. The molecule has 22 nitrogen and oxygen atoms in total. The van der Waals surface area contributed by atoms with Crippen molar-refractivity contribution in [3.63, 3.8) is 0 Å². The Balaban J connectivity index is 2.01. The van der Waals surface area contributed by atoms with Gasteiger partial charge in [-0.2, -0.15) is 0 Å². The molecule has 0 radical (unpaired) electrons. The number of aliphatic hydroxyl groups excluding tert-OH is 1. The summed E-state index contributed by atoms with van der Waals surface area (Å²) in [7, 11) is -4.19. The van der Waals surface area contributed by atoms with Gasteiger partial charge in [-0.15, -0.1) is 0 Å². The zero-order valence-corrected chi connectivity index (χ0v) is 38.5. The van der Waals surface area contributed by atoms with Crippen LogP contribution in [0.4, 0.5) is 0 Å². The lowest BCUT2D eigenvalue weighted by Gasteiger charge is -2.35. The van der Waals surface area contributed by atoms with Gasteiger partial charge >= 0.3 is 13.8 Å². The normalized spacial score (nSPS) is 22.7. The maximum Gasteiger partial charge on any atom is 0.469 e. The number of nitrogens with one attached hydrogen (secondary N) is 5. The average molecular weight is 929 g/mol.